The highest BCUT2D eigenvalue weighted by atomic mass is 16.3. The van der Waals surface area contributed by atoms with Crippen LogP contribution in [0.3, 0.4) is 0 Å². The van der Waals surface area contributed by atoms with E-state index in [1.54, 1.807) is 6.08 Å². The Bertz CT molecular complexity index is 503. The van der Waals surface area contributed by atoms with E-state index in [-0.39, 0.29) is 16.6 Å². The number of allylic oxidation sites excluding steroid dienone is 1. The average molecular weight is 274 g/mol. The van der Waals surface area contributed by atoms with Gasteiger partial charge in [0, 0.05) is 11.1 Å². The standard InChI is InChI=1S/C18H26O2/c1-12(19)8-9-13-10-14(17(2,3)4)16(20)15(11-13)18(5,6)7/h8-11,20H,1-7H3/b9-8+. The zero-order valence-corrected chi connectivity index (χ0v) is 13.7. The molecule has 0 radical (unpaired) electrons. The van der Waals surface area contributed by atoms with Crippen molar-refractivity contribution in [3.05, 3.63) is 34.9 Å². The molecule has 0 bridgehead atoms. The summed E-state index contributed by atoms with van der Waals surface area (Å²) >= 11 is 0. The Balaban J connectivity index is 3.54. The molecule has 1 aromatic rings. The molecule has 1 N–H and O–H groups in total. The molecule has 0 unspecified atom stereocenters. The summed E-state index contributed by atoms with van der Waals surface area (Å²) in [6, 6.07) is 3.92. The highest BCUT2D eigenvalue weighted by molar-refractivity contribution is 5.91. The smallest absolute Gasteiger partial charge is 0.152 e. The first-order valence-corrected chi connectivity index (χ1v) is 6.99. The molecule has 0 heterocycles. The highest BCUT2D eigenvalue weighted by Crippen LogP contribution is 2.39. The van der Waals surface area contributed by atoms with Crippen molar-refractivity contribution in [3.8, 4) is 5.75 Å². The van der Waals surface area contributed by atoms with Gasteiger partial charge >= 0.3 is 0 Å². The number of rotatable bonds is 2. The Morgan fingerprint density at radius 3 is 1.70 bits per heavy atom. The molecule has 0 spiro atoms. The monoisotopic (exact) mass is 274 g/mol. The lowest BCUT2D eigenvalue weighted by Gasteiger charge is -2.27. The quantitative estimate of drug-likeness (QED) is 0.801. The molecule has 20 heavy (non-hydrogen) atoms. The van der Waals surface area contributed by atoms with Crippen LogP contribution in [0.5, 0.6) is 5.75 Å². The summed E-state index contributed by atoms with van der Waals surface area (Å²) in [5, 5.41) is 10.6. The van der Waals surface area contributed by atoms with Crippen LogP contribution in [0.1, 0.15) is 65.2 Å². The third-order valence-electron chi connectivity index (χ3n) is 3.26. The number of carbonyl (C=O) groups is 1. The van der Waals surface area contributed by atoms with Crippen LogP contribution in [0.2, 0.25) is 0 Å². The minimum atomic E-state index is -0.149. The van der Waals surface area contributed by atoms with E-state index in [2.05, 4.69) is 41.5 Å². The normalized spacial score (nSPS) is 12.9. The van der Waals surface area contributed by atoms with E-state index < -0.39 is 0 Å². The van der Waals surface area contributed by atoms with Crippen molar-refractivity contribution in [1.82, 2.24) is 0 Å². The number of carbonyl (C=O) groups excluding carboxylic acids is 1. The lowest BCUT2D eigenvalue weighted by Crippen LogP contribution is -2.17. The molecule has 0 saturated heterocycles. The number of benzene rings is 1. The molecule has 110 valence electrons. The molecule has 0 fully saturated rings. The number of hydrogen-bond donors (Lipinski definition) is 1. The maximum absolute atomic E-state index is 11.1. The molecular formula is C18H26O2. The van der Waals surface area contributed by atoms with Gasteiger partial charge in [-0.3, -0.25) is 4.79 Å². The van der Waals surface area contributed by atoms with Crippen molar-refractivity contribution in [3.63, 3.8) is 0 Å². The van der Waals surface area contributed by atoms with Crippen molar-refractivity contribution < 1.29 is 9.90 Å². The minimum absolute atomic E-state index is 0.0210. The fraction of sp³-hybridized carbons (Fsp3) is 0.500. The zero-order chi connectivity index (χ0) is 15.7. The molecular weight excluding hydrogens is 248 g/mol. The number of phenols is 1. The van der Waals surface area contributed by atoms with Crippen LogP contribution in [0, 0.1) is 0 Å². The molecule has 0 aliphatic carbocycles. The van der Waals surface area contributed by atoms with Crippen LogP contribution in [0.25, 0.3) is 6.08 Å². The lowest BCUT2D eigenvalue weighted by atomic mass is 9.78. The third-order valence-corrected chi connectivity index (χ3v) is 3.26. The first kappa shape index (κ1) is 16.5. The van der Waals surface area contributed by atoms with E-state index in [4.69, 9.17) is 0 Å². The summed E-state index contributed by atoms with van der Waals surface area (Å²) in [4.78, 5) is 11.1. The molecule has 2 nitrogen and oxygen atoms in total. The Labute approximate surface area is 122 Å². The van der Waals surface area contributed by atoms with Crippen molar-refractivity contribution in [1.29, 1.82) is 0 Å². The summed E-state index contributed by atoms with van der Waals surface area (Å²) in [6.45, 7) is 14.0. The van der Waals surface area contributed by atoms with Gasteiger partial charge in [-0.05, 0) is 41.5 Å². The van der Waals surface area contributed by atoms with Crippen LogP contribution in [-0.2, 0) is 15.6 Å². The maximum Gasteiger partial charge on any atom is 0.152 e. The third kappa shape index (κ3) is 3.96. The van der Waals surface area contributed by atoms with Crippen molar-refractivity contribution in [2.24, 2.45) is 0 Å². The molecule has 0 amide bonds. The zero-order valence-electron chi connectivity index (χ0n) is 13.7. The van der Waals surface area contributed by atoms with Crippen molar-refractivity contribution in [2.75, 3.05) is 0 Å². The first-order valence-electron chi connectivity index (χ1n) is 6.99. The maximum atomic E-state index is 11.1. The minimum Gasteiger partial charge on any atom is -0.507 e. The van der Waals surface area contributed by atoms with Crippen molar-refractivity contribution >= 4 is 11.9 Å². The molecule has 0 saturated carbocycles. The molecule has 0 atom stereocenters. The van der Waals surface area contributed by atoms with Crippen LogP contribution in [0.4, 0.5) is 0 Å². The molecule has 1 aromatic carbocycles. The largest absolute Gasteiger partial charge is 0.507 e. The first-order chi connectivity index (χ1) is 8.93. The highest BCUT2D eigenvalue weighted by Gasteiger charge is 2.26. The van der Waals surface area contributed by atoms with Crippen LogP contribution >= 0.6 is 0 Å². The fourth-order valence-electron chi connectivity index (χ4n) is 2.11. The fourth-order valence-corrected chi connectivity index (χ4v) is 2.11. The van der Waals surface area contributed by atoms with Gasteiger partial charge in [0.15, 0.2) is 5.78 Å². The van der Waals surface area contributed by atoms with E-state index in [1.165, 1.54) is 6.92 Å². The SMILES string of the molecule is CC(=O)/C=C/c1cc(C(C)(C)C)c(O)c(C(C)(C)C)c1. The van der Waals surface area contributed by atoms with Gasteiger partial charge in [0.2, 0.25) is 0 Å². The molecule has 0 aromatic heterocycles. The number of hydrogen-bond acceptors (Lipinski definition) is 2. The number of aromatic hydroxyl groups is 1. The second-order valence-electron chi connectivity index (χ2n) is 7.41. The summed E-state index contributed by atoms with van der Waals surface area (Å²) in [5.41, 5.74) is 2.48. The van der Waals surface area contributed by atoms with Gasteiger partial charge in [0.1, 0.15) is 5.75 Å². The average Bonchev–Trinajstić information content (AvgIpc) is 2.24. The molecule has 2 heteroatoms. The summed E-state index contributed by atoms with van der Waals surface area (Å²) in [5.74, 6) is 0.387. The van der Waals surface area contributed by atoms with Crippen molar-refractivity contribution in [2.45, 2.75) is 59.3 Å². The number of ketones is 1. The van der Waals surface area contributed by atoms with E-state index in [0.29, 0.717) is 5.75 Å². The van der Waals surface area contributed by atoms with Gasteiger partial charge in [0.05, 0.1) is 0 Å². The van der Waals surface area contributed by atoms with Gasteiger partial charge < -0.3 is 5.11 Å². The van der Waals surface area contributed by atoms with Gasteiger partial charge in [-0.25, -0.2) is 0 Å². The van der Waals surface area contributed by atoms with Gasteiger partial charge in [-0.1, -0.05) is 47.6 Å². The Morgan fingerprint density at radius 1 is 1.00 bits per heavy atom. The van der Waals surface area contributed by atoms with E-state index in [0.717, 1.165) is 16.7 Å². The number of phenolic OH excluding ortho intramolecular Hbond substituents is 1. The second-order valence-corrected chi connectivity index (χ2v) is 7.41. The van der Waals surface area contributed by atoms with E-state index in [1.807, 2.05) is 18.2 Å². The van der Waals surface area contributed by atoms with Gasteiger partial charge in [-0.15, -0.1) is 0 Å². The van der Waals surface area contributed by atoms with Crippen LogP contribution < -0.4 is 0 Å². The van der Waals surface area contributed by atoms with Gasteiger partial charge in [-0.2, -0.15) is 0 Å². The Morgan fingerprint density at radius 2 is 1.40 bits per heavy atom. The molecule has 1 rings (SSSR count). The molecule has 0 aliphatic rings. The Kier molecular flexibility index (Phi) is 4.48. The second kappa shape index (κ2) is 5.43. The lowest BCUT2D eigenvalue weighted by molar-refractivity contribution is -0.112. The summed E-state index contributed by atoms with van der Waals surface area (Å²) < 4.78 is 0. The Hall–Kier alpha value is -1.57. The topological polar surface area (TPSA) is 37.3 Å². The summed E-state index contributed by atoms with van der Waals surface area (Å²) in [7, 11) is 0. The van der Waals surface area contributed by atoms with E-state index >= 15 is 0 Å². The summed E-state index contributed by atoms with van der Waals surface area (Å²) in [6.07, 6.45) is 3.37. The van der Waals surface area contributed by atoms with Crippen LogP contribution in [0.15, 0.2) is 18.2 Å². The van der Waals surface area contributed by atoms with E-state index in [9.17, 15) is 9.90 Å². The van der Waals surface area contributed by atoms with Crippen LogP contribution in [-0.4, -0.2) is 10.9 Å². The predicted octanol–water partition coefficient (Wildman–Crippen LogP) is 4.59. The van der Waals surface area contributed by atoms with Gasteiger partial charge in [0.25, 0.3) is 0 Å². The molecule has 0 aliphatic heterocycles. The predicted molar refractivity (Wildman–Crippen MR) is 85.2 cm³/mol.